The van der Waals surface area contributed by atoms with Crippen LogP contribution in [-0.4, -0.2) is 29.4 Å². The highest BCUT2D eigenvalue weighted by Crippen LogP contribution is 2.34. The van der Waals surface area contributed by atoms with E-state index in [1.807, 2.05) is 23.9 Å². The molecule has 0 aromatic heterocycles. The maximum absolute atomic E-state index is 11.4. The fourth-order valence-electron chi connectivity index (χ4n) is 2.23. The highest BCUT2D eigenvalue weighted by molar-refractivity contribution is 9.10. The summed E-state index contributed by atoms with van der Waals surface area (Å²) < 4.78 is 1.01. The number of anilines is 1. The number of carbonyl (C=O) groups is 1. The molecule has 1 fully saturated rings. The Kier molecular flexibility index (Phi) is 4.38. The van der Waals surface area contributed by atoms with Crippen molar-refractivity contribution in [1.29, 1.82) is 0 Å². The van der Waals surface area contributed by atoms with Crippen LogP contribution in [0.25, 0.3) is 0 Å². The number of rotatable bonds is 2. The van der Waals surface area contributed by atoms with E-state index in [0.29, 0.717) is 11.3 Å². The molecule has 0 bridgehead atoms. The average Bonchev–Trinajstić information content (AvgIpc) is 2.33. The molecule has 1 aliphatic rings. The summed E-state index contributed by atoms with van der Waals surface area (Å²) in [5.41, 5.74) is 1.96. The maximum atomic E-state index is 11.4. The van der Waals surface area contributed by atoms with Gasteiger partial charge in [-0.15, -0.1) is 0 Å². The van der Waals surface area contributed by atoms with Crippen LogP contribution < -0.4 is 4.90 Å². The van der Waals surface area contributed by atoms with Gasteiger partial charge in [0, 0.05) is 33.6 Å². The molecule has 0 saturated carbocycles. The van der Waals surface area contributed by atoms with Gasteiger partial charge in [-0.05, 0) is 48.0 Å². The fraction of sp³-hybridized carbons (Fsp3) is 0.500. The summed E-state index contributed by atoms with van der Waals surface area (Å²) in [6, 6.07) is 6.42. The van der Waals surface area contributed by atoms with Gasteiger partial charge in [0.1, 0.15) is 0 Å². The number of hydrogen-bond donors (Lipinski definition) is 0. The number of nitrogens with zero attached hydrogens (tertiary/aromatic N) is 1. The smallest absolute Gasteiger partial charge is 0.159 e. The fourth-order valence-corrected chi connectivity index (χ4v) is 3.94. The first kappa shape index (κ1) is 13.9. The maximum Gasteiger partial charge on any atom is 0.159 e. The van der Waals surface area contributed by atoms with E-state index in [2.05, 4.69) is 40.7 Å². The van der Waals surface area contributed by atoms with Crippen molar-refractivity contribution in [1.82, 2.24) is 0 Å². The summed E-state index contributed by atoms with van der Waals surface area (Å²) >= 11 is 5.63. The van der Waals surface area contributed by atoms with E-state index in [1.54, 1.807) is 6.92 Å². The molecule has 1 aromatic rings. The third-order valence-corrected chi connectivity index (χ3v) is 5.52. The monoisotopic (exact) mass is 327 g/mol. The Morgan fingerprint density at radius 3 is 2.78 bits per heavy atom. The molecular formula is C14H18BrNOS. The van der Waals surface area contributed by atoms with Crippen molar-refractivity contribution in [2.75, 3.05) is 17.2 Å². The first-order chi connectivity index (χ1) is 8.50. The molecule has 98 valence electrons. The van der Waals surface area contributed by atoms with Gasteiger partial charge >= 0.3 is 0 Å². The van der Waals surface area contributed by atoms with Gasteiger partial charge < -0.3 is 4.90 Å². The van der Waals surface area contributed by atoms with Gasteiger partial charge in [0.25, 0.3) is 0 Å². The van der Waals surface area contributed by atoms with E-state index in [-0.39, 0.29) is 5.78 Å². The topological polar surface area (TPSA) is 20.3 Å². The third-order valence-electron chi connectivity index (χ3n) is 3.55. The minimum atomic E-state index is 0.109. The summed E-state index contributed by atoms with van der Waals surface area (Å²) in [4.78, 5) is 13.8. The van der Waals surface area contributed by atoms with Crippen molar-refractivity contribution in [3.63, 3.8) is 0 Å². The zero-order valence-corrected chi connectivity index (χ0v) is 13.3. The van der Waals surface area contributed by atoms with Gasteiger partial charge in [-0.25, -0.2) is 0 Å². The molecule has 4 heteroatoms. The normalized spacial score (nSPS) is 24.1. The minimum Gasteiger partial charge on any atom is -0.366 e. The SMILES string of the molecule is CC(=O)c1ccc(N2CCSC(C)C2C)c(Br)c1. The van der Waals surface area contributed by atoms with E-state index in [9.17, 15) is 4.79 Å². The van der Waals surface area contributed by atoms with Gasteiger partial charge in [0.05, 0.1) is 5.69 Å². The Bertz CT molecular complexity index is 463. The van der Waals surface area contributed by atoms with E-state index in [0.717, 1.165) is 22.3 Å². The number of benzene rings is 1. The van der Waals surface area contributed by atoms with Crippen LogP contribution in [0.5, 0.6) is 0 Å². The van der Waals surface area contributed by atoms with Crippen LogP contribution in [0.4, 0.5) is 5.69 Å². The Labute approximate surface area is 121 Å². The summed E-state index contributed by atoms with van der Waals surface area (Å²) in [6.07, 6.45) is 0. The lowest BCUT2D eigenvalue weighted by atomic mass is 10.1. The second-order valence-corrected chi connectivity index (χ2v) is 7.07. The standard InChI is InChI=1S/C14H18BrNOS/c1-9-11(3)18-7-6-16(9)14-5-4-12(10(2)17)8-13(14)15/h4-5,8-9,11H,6-7H2,1-3H3. The first-order valence-electron chi connectivity index (χ1n) is 6.19. The van der Waals surface area contributed by atoms with Crippen LogP contribution in [0.15, 0.2) is 22.7 Å². The van der Waals surface area contributed by atoms with E-state index < -0.39 is 0 Å². The molecule has 1 heterocycles. The Morgan fingerprint density at radius 1 is 1.44 bits per heavy atom. The predicted molar refractivity (Wildman–Crippen MR) is 82.9 cm³/mol. The molecule has 1 aromatic carbocycles. The van der Waals surface area contributed by atoms with Crippen molar-refractivity contribution >= 4 is 39.2 Å². The number of halogens is 1. The van der Waals surface area contributed by atoms with Crippen molar-refractivity contribution in [3.8, 4) is 0 Å². The second kappa shape index (κ2) is 5.66. The number of Topliss-reactive ketones (excluding diaryl/α,β-unsaturated/α-hetero) is 1. The molecule has 2 atom stereocenters. The lowest BCUT2D eigenvalue weighted by Crippen LogP contribution is -2.44. The number of hydrogen-bond acceptors (Lipinski definition) is 3. The van der Waals surface area contributed by atoms with E-state index in [1.165, 1.54) is 5.69 Å². The first-order valence-corrected chi connectivity index (χ1v) is 8.03. The van der Waals surface area contributed by atoms with Crippen molar-refractivity contribution in [2.45, 2.75) is 32.1 Å². The highest BCUT2D eigenvalue weighted by Gasteiger charge is 2.26. The van der Waals surface area contributed by atoms with E-state index in [4.69, 9.17) is 0 Å². The summed E-state index contributed by atoms with van der Waals surface area (Å²) in [5, 5.41) is 0.637. The van der Waals surface area contributed by atoms with Crippen LogP contribution in [0.2, 0.25) is 0 Å². The van der Waals surface area contributed by atoms with Crippen LogP contribution in [0, 0.1) is 0 Å². The Hall–Kier alpha value is -0.480. The minimum absolute atomic E-state index is 0.109. The molecule has 0 spiro atoms. The van der Waals surface area contributed by atoms with Gasteiger partial charge in [0.2, 0.25) is 0 Å². The quantitative estimate of drug-likeness (QED) is 0.766. The molecule has 1 saturated heterocycles. The van der Waals surface area contributed by atoms with E-state index >= 15 is 0 Å². The summed E-state index contributed by atoms with van der Waals surface area (Å²) in [6.45, 7) is 7.21. The van der Waals surface area contributed by atoms with Crippen LogP contribution >= 0.6 is 27.7 Å². The van der Waals surface area contributed by atoms with Crippen LogP contribution in [-0.2, 0) is 0 Å². The number of thioether (sulfide) groups is 1. The molecule has 0 amide bonds. The molecule has 0 radical (unpaired) electrons. The van der Waals surface area contributed by atoms with Crippen LogP contribution in [0.3, 0.4) is 0 Å². The molecule has 2 unspecified atom stereocenters. The van der Waals surface area contributed by atoms with Gasteiger partial charge in [0.15, 0.2) is 5.78 Å². The molecule has 1 aliphatic heterocycles. The Balaban J connectivity index is 2.30. The highest BCUT2D eigenvalue weighted by atomic mass is 79.9. The molecular weight excluding hydrogens is 310 g/mol. The Morgan fingerprint density at radius 2 is 2.17 bits per heavy atom. The van der Waals surface area contributed by atoms with Crippen molar-refractivity contribution < 1.29 is 4.79 Å². The van der Waals surface area contributed by atoms with Crippen LogP contribution in [0.1, 0.15) is 31.1 Å². The average molecular weight is 328 g/mol. The molecule has 2 rings (SSSR count). The summed E-state index contributed by atoms with van der Waals surface area (Å²) in [7, 11) is 0. The van der Waals surface area contributed by atoms with Gasteiger partial charge in [-0.1, -0.05) is 6.92 Å². The van der Waals surface area contributed by atoms with Gasteiger partial charge in [-0.3, -0.25) is 4.79 Å². The molecule has 18 heavy (non-hydrogen) atoms. The van der Waals surface area contributed by atoms with Crippen molar-refractivity contribution in [2.24, 2.45) is 0 Å². The zero-order chi connectivity index (χ0) is 13.3. The zero-order valence-electron chi connectivity index (χ0n) is 10.9. The predicted octanol–water partition coefficient (Wildman–Crippen LogP) is 3.98. The molecule has 2 nitrogen and oxygen atoms in total. The van der Waals surface area contributed by atoms with Crippen molar-refractivity contribution in [3.05, 3.63) is 28.2 Å². The van der Waals surface area contributed by atoms with Gasteiger partial charge in [-0.2, -0.15) is 11.8 Å². The lowest BCUT2D eigenvalue weighted by molar-refractivity contribution is 0.101. The summed E-state index contributed by atoms with van der Waals surface area (Å²) in [5.74, 6) is 1.27. The number of ketones is 1. The second-order valence-electron chi connectivity index (χ2n) is 4.73. The lowest BCUT2D eigenvalue weighted by Gasteiger charge is -2.39. The third kappa shape index (κ3) is 2.75. The number of carbonyl (C=O) groups excluding carboxylic acids is 1. The molecule has 0 aliphatic carbocycles. The largest absolute Gasteiger partial charge is 0.366 e. The molecule has 0 N–H and O–H groups in total.